The Bertz CT molecular complexity index is 673. The van der Waals surface area contributed by atoms with E-state index in [1.807, 2.05) is 6.92 Å². The zero-order chi connectivity index (χ0) is 17.0. The molecule has 0 unspecified atom stereocenters. The first-order chi connectivity index (χ1) is 10.8. The van der Waals surface area contributed by atoms with Gasteiger partial charge in [-0.3, -0.25) is 10.1 Å². The van der Waals surface area contributed by atoms with Gasteiger partial charge in [0.1, 0.15) is 5.69 Å². The monoisotopic (exact) mass is 361 g/mol. The van der Waals surface area contributed by atoms with E-state index in [0.29, 0.717) is 43.1 Å². The van der Waals surface area contributed by atoms with Gasteiger partial charge >= 0.3 is 0 Å². The molecule has 7 nitrogen and oxygen atoms in total. The fraction of sp³-hybridized carbons (Fsp3) is 0.571. The van der Waals surface area contributed by atoms with E-state index in [0.717, 1.165) is 0 Å². The number of nitro groups is 1. The van der Waals surface area contributed by atoms with Crippen molar-refractivity contribution in [2.75, 3.05) is 24.2 Å². The summed E-state index contributed by atoms with van der Waals surface area (Å²) in [4.78, 5) is 10.6. The van der Waals surface area contributed by atoms with Crippen molar-refractivity contribution < 1.29 is 13.3 Å². The van der Waals surface area contributed by atoms with Crippen LogP contribution in [0.15, 0.2) is 18.2 Å². The molecule has 1 aliphatic rings. The van der Waals surface area contributed by atoms with E-state index in [2.05, 4.69) is 5.32 Å². The van der Waals surface area contributed by atoms with Gasteiger partial charge in [0.25, 0.3) is 5.69 Å². The summed E-state index contributed by atoms with van der Waals surface area (Å²) >= 11 is 5.80. The largest absolute Gasteiger partial charge is 0.377 e. The number of nitro benzene ring substituents is 1. The molecule has 0 saturated carbocycles. The number of nitrogens with one attached hydrogen (secondary N) is 1. The maximum absolute atomic E-state index is 12.0. The number of benzene rings is 1. The van der Waals surface area contributed by atoms with Crippen molar-refractivity contribution in [2.45, 2.75) is 32.2 Å². The molecule has 128 valence electrons. The van der Waals surface area contributed by atoms with Crippen molar-refractivity contribution in [3.63, 3.8) is 0 Å². The quantitative estimate of drug-likeness (QED) is 0.621. The first kappa shape index (κ1) is 18.0. The highest BCUT2D eigenvalue weighted by Gasteiger charge is 2.28. The van der Waals surface area contributed by atoms with Crippen LogP contribution in [0.1, 0.15) is 26.2 Å². The van der Waals surface area contributed by atoms with Gasteiger partial charge in [-0.2, -0.15) is 0 Å². The minimum atomic E-state index is -3.18. The van der Waals surface area contributed by atoms with Gasteiger partial charge in [0, 0.05) is 30.2 Å². The third kappa shape index (κ3) is 4.55. The Labute approximate surface area is 140 Å². The van der Waals surface area contributed by atoms with E-state index in [9.17, 15) is 18.5 Å². The Morgan fingerprint density at radius 2 is 2.04 bits per heavy atom. The molecule has 0 radical (unpaired) electrons. The normalized spacial score (nSPS) is 17.1. The second-order valence-corrected chi connectivity index (χ2v) is 8.08. The van der Waals surface area contributed by atoms with Gasteiger partial charge in [-0.1, -0.05) is 18.5 Å². The fourth-order valence-electron chi connectivity index (χ4n) is 2.66. The molecule has 0 spiro atoms. The van der Waals surface area contributed by atoms with Crippen LogP contribution in [0.2, 0.25) is 5.02 Å². The van der Waals surface area contributed by atoms with Crippen LogP contribution < -0.4 is 5.32 Å². The number of halogens is 1. The van der Waals surface area contributed by atoms with Crippen LogP contribution >= 0.6 is 11.6 Å². The predicted octanol–water partition coefficient (Wildman–Crippen LogP) is 2.86. The minimum Gasteiger partial charge on any atom is -0.377 e. The van der Waals surface area contributed by atoms with Gasteiger partial charge in [0.05, 0.1) is 10.7 Å². The SMILES string of the molecule is CCCS(=O)(=O)N1CCC(Nc2ccc(Cl)cc2[N+](=O)[O-])CC1. The van der Waals surface area contributed by atoms with Gasteiger partial charge in [0.15, 0.2) is 0 Å². The molecular formula is C14H20ClN3O4S. The second-order valence-electron chi connectivity index (χ2n) is 5.55. The average molecular weight is 362 g/mol. The molecule has 1 aliphatic heterocycles. The van der Waals surface area contributed by atoms with Gasteiger partial charge < -0.3 is 5.32 Å². The molecule has 23 heavy (non-hydrogen) atoms. The average Bonchev–Trinajstić information content (AvgIpc) is 2.49. The molecule has 9 heteroatoms. The predicted molar refractivity (Wildman–Crippen MR) is 90.4 cm³/mol. The van der Waals surface area contributed by atoms with Crippen molar-refractivity contribution in [1.29, 1.82) is 0 Å². The summed E-state index contributed by atoms with van der Waals surface area (Å²) in [6.07, 6.45) is 1.82. The first-order valence-corrected chi connectivity index (χ1v) is 9.50. The lowest BCUT2D eigenvalue weighted by Crippen LogP contribution is -2.43. The summed E-state index contributed by atoms with van der Waals surface area (Å²) in [5, 5.41) is 14.5. The van der Waals surface area contributed by atoms with Crippen LogP contribution in [-0.2, 0) is 10.0 Å². The van der Waals surface area contributed by atoms with E-state index in [1.165, 1.54) is 10.4 Å². The minimum absolute atomic E-state index is 0.00273. The Morgan fingerprint density at radius 3 is 2.61 bits per heavy atom. The van der Waals surface area contributed by atoms with Crippen LogP contribution in [0.4, 0.5) is 11.4 Å². The van der Waals surface area contributed by atoms with Crippen molar-refractivity contribution in [2.24, 2.45) is 0 Å². The summed E-state index contributed by atoms with van der Waals surface area (Å²) in [6, 6.07) is 4.49. The number of nitrogens with zero attached hydrogens (tertiary/aromatic N) is 2. The molecule has 1 heterocycles. The van der Waals surface area contributed by atoms with E-state index in [4.69, 9.17) is 11.6 Å². The highest BCUT2D eigenvalue weighted by molar-refractivity contribution is 7.89. The Morgan fingerprint density at radius 1 is 1.39 bits per heavy atom. The van der Waals surface area contributed by atoms with Gasteiger partial charge in [-0.15, -0.1) is 0 Å². The Kier molecular flexibility index (Phi) is 5.83. The van der Waals surface area contributed by atoms with E-state index in [-0.39, 0.29) is 17.5 Å². The van der Waals surface area contributed by atoms with Crippen molar-refractivity contribution >= 4 is 33.0 Å². The van der Waals surface area contributed by atoms with E-state index < -0.39 is 14.9 Å². The molecule has 0 atom stereocenters. The third-order valence-electron chi connectivity index (χ3n) is 3.83. The highest BCUT2D eigenvalue weighted by Crippen LogP contribution is 2.29. The number of rotatable bonds is 6. The lowest BCUT2D eigenvalue weighted by atomic mass is 10.1. The van der Waals surface area contributed by atoms with Gasteiger partial charge in [-0.25, -0.2) is 12.7 Å². The number of anilines is 1. The molecular weight excluding hydrogens is 342 g/mol. The van der Waals surface area contributed by atoms with Crippen molar-refractivity contribution in [3.8, 4) is 0 Å². The molecule has 0 aliphatic carbocycles. The summed E-state index contributed by atoms with van der Waals surface area (Å²) in [7, 11) is -3.18. The van der Waals surface area contributed by atoms with Crippen LogP contribution in [0.25, 0.3) is 0 Å². The summed E-state index contributed by atoms with van der Waals surface area (Å²) in [6.45, 7) is 2.70. The number of sulfonamides is 1. The Hall–Kier alpha value is -1.38. The van der Waals surface area contributed by atoms with Crippen LogP contribution in [-0.4, -0.2) is 42.5 Å². The molecule has 2 rings (SSSR count). The summed E-state index contributed by atoms with van der Waals surface area (Å²) in [5.41, 5.74) is 0.341. The Balaban J connectivity index is 2.01. The van der Waals surface area contributed by atoms with E-state index >= 15 is 0 Å². The van der Waals surface area contributed by atoms with Crippen LogP contribution in [0.5, 0.6) is 0 Å². The molecule has 1 saturated heterocycles. The number of hydrogen-bond acceptors (Lipinski definition) is 5. The third-order valence-corrected chi connectivity index (χ3v) is 6.14. The van der Waals surface area contributed by atoms with Gasteiger partial charge in [0.2, 0.25) is 10.0 Å². The number of hydrogen-bond donors (Lipinski definition) is 1. The van der Waals surface area contributed by atoms with Crippen molar-refractivity contribution in [3.05, 3.63) is 33.3 Å². The standard InChI is InChI=1S/C14H20ClN3O4S/c1-2-9-23(21,22)17-7-5-12(6-8-17)16-13-4-3-11(15)10-14(13)18(19)20/h3-4,10,12,16H,2,5-9H2,1H3. The summed E-state index contributed by atoms with van der Waals surface area (Å²) in [5.74, 6) is 0.160. The van der Waals surface area contributed by atoms with Crippen LogP contribution in [0.3, 0.4) is 0 Å². The maximum Gasteiger partial charge on any atom is 0.293 e. The first-order valence-electron chi connectivity index (χ1n) is 7.52. The lowest BCUT2D eigenvalue weighted by Gasteiger charge is -2.32. The molecule has 1 fully saturated rings. The lowest BCUT2D eigenvalue weighted by molar-refractivity contribution is -0.384. The second kappa shape index (κ2) is 7.46. The topological polar surface area (TPSA) is 92.6 Å². The molecule has 1 aromatic rings. The highest BCUT2D eigenvalue weighted by atomic mass is 35.5. The zero-order valence-corrected chi connectivity index (χ0v) is 14.4. The van der Waals surface area contributed by atoms with Crippen molar-refractivity contribution in [1.82, 2.24) is 4.31 Å². The summed E-state index contributed by atoms with van der Waals surface area (Å²) < 4.78 is 25.6. The zero-order valence-electron chi connectivity index (χ0n) is 12.9. The van der Waals surface area contributed by atoms with Crippen LogP contribution in [0, 0.1) is 10.1 Å². The molecule has 1 aromatic carbocycles. The smallest absolute Gasteiger partial charge is 0.293 e. The number of piperidine rings is 1. The van der Waals surface area contributed by atoms with E-state index in [1.54, 1.807) is 12.1 Å². The molecule has 0 amide bonds. The van der Waals surface area contributed by atoms with Gasteiger partial charge in [-0.05, 0) is 31.4 Å². The fourth-order valence-corrected chi connectivity index (χ4v) is 4.37. The molecule has 0 bridgehead atoms. The molecule has 0 aromatic heterocycles. The molecule has 1 N–H and O–H groups in total. The maximum atomic E-state index is 12.0.